The number of phosphoric ester groups is 1. The molecule has 0 atom stereocenters. The maximum atomic E-state index is 10.2. The van der Waals surface area contributed by atoms with Gasteiger partial charge in [0.25, 0.3) is 0 Å². The number of likely N-dealkylation sites (N-methyl/N-ethyl adjacent to an activating group) is 2. The zero-order valence-electron chi connectivity index (χ0n) is 22.4. The van der Waals surface area contributed by atoms with Gasteiger partial charge < -0.3 is 38.9 Å². The van der Waals surface area contributed by atoms with E-state index in [0.717, 1.165) is 25.9 Å². The molecule has 0 aromatic heterocycles. The molecule has 0 saturated carbocycles. The predicted molar refractivity (Wildman–Crippen MR) is 133 cm³/mol. The Morgan fingerprint density at radius 3 is 1.15 bits per heavy atom. The Morgan fingerprint density at radius 2 is 0.939 bits per heavy atom. The fraction of sp³-hybridized carbons (Fsp3) is 1.00. The number of unbranched alkanes of at least 4 members (excludes halogenated alkanes) is 13. The first kappa shape index (κ1) is 37.5. The summed E-state index contributed by atoms with van der Waals surface area (Å²) in [4.78, 5) is 23.0. The highest BCUT2D eigenvalue weighted by atomic mass is 31.2. The van der Waals surface area contributed by atoms with Crippen LogP contribution in [0.1, 0.15) is 96.8 Å². The first-order valence-corrected chi connectivity index (χ1v) is 14.5. The number of rotatable bonds is 20. The number of hydrogen-bond acceptors (Lipinski definition) is 6. The van der Waals surface area contributed by atoms with Crippen molar-refractivity contribution in [3.05, 3.63) is 0 Å². The summed E-state index contributed by atoms with van der Waals surface area (Å²) in [5.74, 6) is 0. The van der Waals surface area contributed by atoms with Crippen LogP contribution in [0.15, 0.2) is 0 Å². The molecule has 0 radical (unpaired) electrons. The van der Waals surface area contributed by atoms with Crippen LogP contribution in [-0.4, -0.2) is 71.3 Å². The fourth-order valence-corrected chi connectivity index (χ4v) is 3.27. The first-order valence-electron chi connectivity index (χ1n) is 13.1. The zero-order chi connectivity index (χ0) is 25.8. The van der Waals surface area contributed by atoms with Crippen LogP contribution in [0.4, 0.5) is 0 Å². The van der Waals surface area contributed by atoms with Crippen molar-refractivity contribution in [1.82, 2.24) is 0 Å². The highest BCUT2D eigenvalue weighted by Crippen LogP contribution is 2.24. The van der Waals surface area contributed by atoms with Gasteiger partial charge in [-0.25, -0.2) is 0 Å². The molecule has 0 amide bonds. The molecule has 0 spiro atoms. The van der Waals surface area contributed by atoms with E-state index < -0.39 is 7.82 Å². The van der Waals surface area contributed by atoms with Crippen LogP contribution in [0, 0.1) is 0 Å². The lowest BCUT2D eigenvalue weighted by Gasteiger charge is -2.28. The van der Waals surface area contributed by atoms with Gasteiger partial charge in [0.2, 0.25) is 0 Å². The smallest absolute Gasteiger partial charge is 0.100 e. The molecular formula is C24H57N2O6P. The Balaban J connectivity index is -0.000000611. The lowest BCUT2D eigenvalue weighted by atomic mass is 10.0. The molecule has 9 heteroatoms. The maximum absolute atomic E-state index is 10.2. The van der Waals surface area contributed by atoms with Crippen LogP contribution in [0.25, 0.3) is 0 Å². The van der Waals surface area contributed by atoms with Crippen molar-refractivity contribution in [3.8, 4) is 0 Å². The van der Waals surface area contributed by atoms with E-state index in [1.54, 1.807) is 0 Å². The summed E-state index contributed by atoms with van der Waals surface area (Å²) in [5, 5.41) is 16.4. The van der Waals surface area contributed by atoms with Gasteiger partial charge in [0, 0.05) is 0 Å². The zero-order valence-corrected chi connectivity index (χ0v) is 23.3. The predicted octanol–water partition coefficient (Wildman–Crippen LogP) is 0.559. The Hall–Kier alpha value is -0.0500. The standard InChI is InChI=1S/C16H35O4P.2C4H11NO/c1-2-3-4-5-6-7-8-9-10-11-12-13-14-15-16-20-21(17,18)19;2*1-5(2)3-4-6/h2-16H2,1H3,(H2,17,18,19);2*6H,3-4H2,1-2H3. The van der Waals surface area contributed by atoms with Gasteiger partial charge in [0.05, 0.1) is 55.8 Å². The van der Waals surface area contributed by atoms with Gasteiger partial charge in [-0.2, -0.15) is 0 Å². The molecule has 0 bridgehead atoms. The highest BCUT2D eigenvalue weighted by molar-refractivity contribution is 7.43. The molecule has 0 aliphatic heterocycles. The topological polar surface area (TPSA) is 122 Å². The Kier molecular flexibility index (Phi) is 34.1. The monoisotopic (exact) mass is 500 g/mol. The molecule has 4 N–H and O–H groups in total. The van der Waals surface area contributed by atoms with Crippen LogP contribution in [-0.2, 0) is 9.09 Å². The van der Waals surface area contributed by atoms with E-state index in [-0.39, 0.29) is 6.61 Å². The van der Waals surface area contributed by atoms with Crippen LogP contribution in [0.5, 0.6) is 0 Å². The molecule has 204 valence electrons. The van der Waals surface area contributed by atoms with Crippen molar-refractivity contribution in [2.45, 2.75) is 96.8 Å². The van der Waals surface area contributed by atoms with Crippen LogP contribution in [0.2, 0.25) is 0 Å². The van der Waals surface area contributed by atoms with E-state index in [2.05, 4.69) is 11.4 Å². The number of quaternary nitrogens is 2. The largest absolute Gasteiger partial charge is 0.790 e. The van der Waals surface area contributed by atoms with E-state index in [0.29, 0.717) is 19.6 Å². The third-order valence-electron chi connectivity index (χ3n) is 4.97. The number of phosphoric acid groups is 1. The molecule has 33 heavy (non-hydrogen) atoms. The van der Waals surface area contributed by atoms with Crippen molar-refractivity contribution in [1.29, 1.82) is 0 Å². The van der Waals surface area contributed by atoms with Crippen molar-refractivity contribution >= 4 is 7.82 Å². The van der Waals surface area contributed by atoms with Crippen LogP contribution >= 0.6 is 7.82 Å². The van der Waals surface area contributed by atoms with Gasteiger partial charge >= 0.3 is 0 Å². The Morgan fingerprint density at radius 1 is 0.636 bits per heavy atom. The average Bonchev–Trinajstić information content (AvgIpc) is 2.71. The summed E-state index contributed by atoms with van der Waals surface area (Å²) in [6.45, 7) is 4.58. The molecule has 0 aliphatic carbocycles. The molecule has 0 fully saturated rings. The molecule has 8 nitrogen and oxygen atoms in total. The normalized spacial score (nSPS) is 11.2. The second kappa shape index (κ2) is 30.0. The second-order valence-electron chi connectivity index (χ2n) is 9.24. The fourth-order valence-electron chi connectivity index (χ4n) is 2.92. The minimum absolute atomic E-state index is 0.0440. The third kappa shape index (κ3) is 50.0. The summed E-state index contributed by atoms with van der Waals surface area (Å²) in [5.41, 5.74) is 0. The molecule has 0 aromatic carbocycles. The Bertz CT molecular complexity index is 385. The molecular weight excluding hydrogens is 443 g/mol. The van der Waals surface area contributed by atoms with Gasteiger partial charge in [-0.05, 0) is 6.42 Å². The minimum atomic E-state index is -4.75. The molecule has 0 unspecified atom stereocenters. The van der Waals surface area contributed by atoms with Crippen molar-refractivity contribution in [2.75, 3.05) is 61.1 Å². The SMILES string of the molecule is CCCCCCCCCCCCCCCCOP(=O)([O-])[O-].C[NH+](C)CCO.C[NH+](C)CCO. The van der Waals surface area contributed by atoms with Gasteiger partial charge in [-0.1, -0.05) is 90.4 Å². The summed E-state index contributed by atoms with van der Waals surface area (Å²) in [6.07, 6.45) is 17.4. The van der Waals surface area contributed by atoms with Crippen molar-refractivity contribution in [3.63, 3.8) is 0 Å². The summed E-state index contributed by atoms with van der Waals surface area (Å²) < 4.78 is 14.4. The Labute approximate surface area is 205 Å². The van der Waals surface area contributed by atoms with E-state index in [1.165, 1.54) is 80.4 Å². The number of aliphatic hydroxyl groups excluding tert-OH is 2. The summed E-state index contributed by atoms with van der Waals surface area (Å²) in [7, 11) is 3.29. The highest BCUT2D eigenvalue weighted by Gasteiger charge is 1.95. The molecule has 0 saturated heterocycles. The molecule has 0 rings (SSSR count). The van der Waals surface area contributed by atoms with E-state index in [4.69, 9.17) is 10.2 Å². The minimum Gasteiger partial charge on any atom is -0.790 e. The molecule has 0 heterocycles. The lowest BCUT2D eigenvalue weighted by molar-refractivity contribution is -0.858. The maximum Gasteiger partial charge on any atom is 0.100 e. The van der Waals surface area contributed by atoms with Gasteiger partial charge in [0.15, 0.2) is 0 Å². The van der Waals surface area contributed by atoms with E-state index in [9.17, 15) is 14.4 Å². The lowest BCUT2D eigenvalue weighted by Crippen LogP contribution is -3.06. The molecule has 0 aliphatic rings. The summed E-state index contributed by atoms with van der Waals surface area (Å²) in [6, 6.07) is 0. The van der Waals surface area contributed by atoms with E-state index in [1.807, 2.05) is 28.2 Å². The third-order valence-corrected chi connectivity index (χ3v) is 5.47. The average molecular weight is 501 g/mol. The second-order valence-corrected chi connectivity index (χ2v) is 10.4. The van der Waals surface area contributed by atoms with Gasteiger partial charge in [-0.15, -0.1) is 0 Å². The van der Waals surface area contributed by atoms with Gasteiger partial charge in [-0.3, -0.25) is 0 Å². The number of aliphatic hydroxyl groups is 2. The number of nitrogens with one attached hydrogen (secondary N) is 2. The summed E-state index contributed by atoms with van der Waals surface area (Å²) >= 11 is 0. The van der Waals surface area contributed by atoms with Crippen molar-refractivity contribution in [2.24, 2.45) is 0 Å². The number of hydrogen-bond donors (Lipinski definition) is 4. The van der Waals surface area contributed by atoms with Crippen LogP contribution < -0.4 is 19.6 Å². The van der Waals surface area contributed by atoms with Gasteiger partial charge in [0.1, 0.15) is 13.1 Å². The molecule has 0 aromatic rings. The van der Waals surface area contributed by atoms with Crippen molar-refractivity contribution < 1.29 is 38.9 Å². The van der Waals surface area contributed by atoms with Crippen LogP contribution in [0.3, 0.4) is 0 Å². The quantitative estimate of drug-likeness (QED) is 0.143. The van der Waals surface area contributed by atoms with E-state index >= 15 is 0 Å². The first-order chi connectivity index (χ1) is 15.6.